The number of piperazine rings is 1. The van der Waals surface area contributed by atoms with Crippen molar-refractivity contribution in [3.05, 3.63) is 57.8 Å². The van der Waals surface area contributed by atoms with E-state index in [1.165, 1.54) is 0 Å². The zero-order chi connectivity index (χ0) is 18.8. The van der Waals surface area contributed by atoms with Crippen LogP contribution in [0.2, 0.25) is 0 Å². The molecule has 8 heteroatoms. The summed E-state index contributed by atoms with van der Waals surface area (Å²) < 4.78 is 0. The second kappa shape index (κ2) is 7.74. The van der Waals surface area contributed by atoms with E-state index in [0.29, 0.717) is 30.3 Å². The number of nitrogens with one attached hydrogen (secondary N) is 1. The molecule has 140 valence electrons. The summed E-state index contributed by atoms with van der Waals surface area (Å²) >= 11 is 3.22. The van der Waals surface area contributed by atoms with Crippen LogP contribution in [0.4, 0.5) is 0 Å². The number of benzene rings is 1. The van der Waals surface area contributed by atoms with Gasteiger partial charge in [-0.2, -0.15) is 0 Å². The highest BCUT2D eigenvalue weighted by Crippen LogP contribution is 2.26. The lowest BCUT2D eigenvalue weighted by atomic mass is 10.1. The van der Waals surface area contributed by atoms with Gasteiger partial charge in [0.05, 0.1) is 12.4 Å². The van der Waals surface area contributed by atoms with E-state index in [4.69, 9.17) is 0 Å². The number of hydrogen-bond donors (Lipinski definition) is 1. The van der Waals surface area contributed by atoms with Crippen molar-refractivity contribution in [3.8, 4) is 0 Å². The summed E-state index contributed by atoms with van der Waals surface area (Å²) in [7, 11) is 0. The second-order valence-corrected chi connectivity index (χ2v) is 8.56. The Balaban J connectivity index is 1.37. The molecule has 3 amide bonds. The van der Waals surface area contributed by atoms with Gasteiger partial charge in [-0.3, -0.25) is 14.4 Å². The number of hydrogen-bond acceptors (Lipinski definition) is 5. The Morgan fingerprint density at radius 2 is 2.00 bits per heavy atom. The summed E-state index contributed by atoms with van der Waals surface area (Å²) in [6, 6.07) is 10.8. The molecule has 2 aliphatic heterocycles. The quantitative estimate of drug-likeness (QED) is 0.831. The molecule has 0 saturated carbocycles. The van der Waals surface area contributed by atoms with E-state index < -0.39 is 0 Å². The van der Waals surface area contributed by atoms with Crippen LogP contribution in [0.3, 0.4) is 0 Å². The fourth-order valence-corrected chi connectivity index (χ4v) is 5.05. The highest BCUT2D eigenvalue weighted by atomic mass is 32.2. The number of carbonyl (C=O) groups excluding carboxylic acids is 3. The number of thioether (sulfide) groups is 1. The molecule has 27 heavy (non-hydrogen) atoms. The summed E-state index contributed by atoms with van der Waals surface area (Å²) in [5.74, 6) is 1.17. The lowest BCUT2D eigenvalue weighted by Crippen LogP contribution is -2.57. The standard InChI is InChI=1S/C19H19N3O3S2/c23-17-10-21(19(25)16-11-26-12-22(16)17)9-13-3-5-14(6-4-13)18(24)20-8-15-2-1-7-27-15/h1-7,16H,8-12H2,(H,20,24). The molecule has 0 radical (unpaired) electrons. The van der Waals surface area contributed by atoms with Gasteiger partial charge in [0, 0.05) is 22.7 Å². The van der Waals surface area contributed by atoms with E-state index in [2.05, 4.69) is 5.32 Å². The number of fused-ring (bicyclic) bond motifs is 1. The summed E-state index contributed by atoms with van der Waals surface area (Å²) in [4.78, 5) is 41.4. The fraction of sp³-hybridized carbons (Fsp3) is 0.316. The predicted octanol–water partition coefficient (Wildman–Crippen LogP) is 1.92. The van der Waals surface area contributed by atoms with Crippen LogP contribution in [0.5, 0.6) is 0 Å². The van der Waals surface area contributed by atoms with Crippen molar-refractivity contribution in [2.24, 2.45) is 0 Å². The first-order valence-electron chi connectivity index (χ1n) is 8.67. The third-order valence-corrected chi connectivity index (χ3v) is 6.61. The summed E-state index contributed by atoms with van der Waals surface area (Å²) in [6.45, 7) is 1.02. The Kier molecular flexibility index (Phi) is 5.18. The molecule has 1 atom stereocenters. The monoisotopic (exact) mass is 401 g/mol. The first-order chi connectivity index (χ1) is 13.1. The maximum absolute atomic E-state index is 12.6. The topological polar surface area (TPSA) is 69.7 Å². The van der Waals surface area contributed by atoms with Crippen LogP contribution < -0.4 is 5.32 Å². The van der Waals surface area contributed by atoms with Gasteiger partial charge in [0.25, 0.3) is 5.91 Å². The van der Waals surface area contributed by atoms with Crippen LogP contribution in [-0.2, 0) is 22.7 Å². The Labute approximate surface area is 165 Å². The highest BCUT2D eigenvalue weighted by Gasteiger charge is 2.42. The number of nitrogens with zero attached hydrogens (tertiary/aromatic N) is 2. The third-order valence-electron chi connectivity index (χ3n) is 4.72. The molecular weight excluding hydrogens is 382 g/mol. The molecule has 2 saturated heterocycles. The van der Waals surface area contributed by atoms with Crippen molar-refractivity contribution in [3.63, 3.8) is 0 Å². The molecule has 1 unspecified atom stereocenters. The summed E-state index contributed by atoms with van der Waals surface area (Å²) in [5, 5.41) is 4.87. The predicted molar refractivity (Wildman–Crippen MR) is 105 cm³/mol. The van der Waals surface area contributed by atoms with E-state index >= 15 is 0 Å². The minimum Gasteiger partial charge on any atom is -0.347 e. The maximum Gasteiger partial charge on any atom is 0.251 e. The van der Waals surface area contributed by atoms with Crippen molar-refractivity contribution in [2.45, 2.75) is 19.1 Å². The molecule has 1 aromatic carbocycles. The van der Waals surface area contributed by atoms with Gasteiger partial charge in [0.2, 0.25) is 11.8 Å². The van der Waals surface area contributed by atoms with E-state index in [1.807, 2.05) is 29.6 Å². The molecule has 3 heterocycles. The van der Waals surface area contributed by atoms with Crippen LogP contribution in [0.15, 0.2) is 41.8 Å². The average Bonchev–Trinajstić information content (AvgIpc) is 3.36. The third kappa shape index (κ3) is 3.86. The van der Waals surface area contributed by atoms with Gasteiger partial charge < -0.3 is 15.1 Å². The van der Waals surface area contributed by atoms with Crippen molar-refractivity contribution < 1.29 is 14.4 Å². The lowest BCUT2D eigenvalue weighted by molar-refractivity contribution is -0.153. The minimum absolute atomic E-state index is 0.00850. The Bertz CT molecular complexity index is 852. The lowest BCUT2D eigenvalue weighted by Gasteiger charge is -2.35. The second-order valence-electron chi connectivity index (χ2n) is 6.53. The van der Waals surface area contributed by atoms with E-state index in [1.54, 1.807) is 45.0 Å². The van der Waals surface area contributed by atoms with E-state index in [9.17, 15) is 14.4 Å². The molecule has 2 aliphatic rings. The first kappa shape index (κ1) is 18.1. The minimum atomic E-state index is -0.321. The van der Waals surface area contributed by atoms with Gasteiger partial charge in [-0.25, -0.2) is 0 Å². The first-order valence-corrected chi connectivity index (χ1v) is 10.7. The molecule has 1 N–H and O–H groups in total. The molecule has 0 spiro atoms. The Morgan fingerprint density at radius 3 is 2.74 bits per heavy atom. The van der Waals surface area contributed by atoms with E-state index in [-0.39, 0.29) is 30.3 Å². The van der Waals surface area contributed by atoms with Crippen LogP contribution in [0.1, 0.15) is 20.8 Å². The normalized spacial score (nSPS) is 19.3. The van der Waals surface area contributed by atoms with Gasteiger partial charge in [-0.05, 0) is 29.1 Å². The molecule has 0 aliphatic carbocycles. The van der Waals surface area contributed by atoms with E-state index in [0.717, 1.165) is 10.4 Å². The van der Waals surface area contributed by atoms with Crippen LogP contribution >= 0.6 is 23.1 Å². The fourth-order valence-electron chi connectivity index (χ4n) is 3.23. The average molecular weight is 402 g/mol. The highest BCUT2D eigenvalue weighted by molar-refractivity contribution is 7.99. The molecular formula is C19H19N3O3S2. The zero-order valence-corrected chi connectivity index (χ0v) is 16.2. The van der Waals surface area contributed by atoms with Crippen molar-refractivity contribution in [2.75, 3.05) is 18.2 Å². The number of amides is 3. The summed E-state index contributed by atoms with van der Waals surface area (Å²) in [5.41, 5.74) is 1.49. The molecule has 0 bridgehead atoms. The Morgan fingerprint density at radius 1 is 1.19 bits per heavy atom. The number of carbonyl (C=O) groups is 3. The van der Waals surface area contributed by atoms with Gasteiger partial charge in [0.15, 0.2) is 0 Å². The molecule has 4 rings (SSSR count). The van der Waals surface area contributed by atoms with Crippen LogP contribution in [-0.4, -0.2) is 51.7 Å². The van der Waals surface area contributed by atoms with Gasteiger partial charge in [-0.1, -0.05) is 18.2 Å². The largest absolute Gasteiger partial charge is 0.347 e. The molecule has 1 aromatic heterocycles. The van der Waals surface area contributed by atoms with Crippen LogP contribution in [0, 0.1) is 0 Å². The summed E-state index contributed by atoms with van der Waals surface area (Å²) in [6.07, 6.45) is 0. The smallest absolute Gasteiger partial charge is 0.251 e. The van der Waals surface area contributed by atoms with Gasteiger partial charge in [-0.15, -0.1) is 23.1 Å². The van der Waals surface area contributed by atoms with Crippen LogP contribution in [0.25, 0.3) is 0 Å². The molecule has 2 aromatic rings. The van der Waals surface area contributed by atoms with Crippen molar-refractivity contribution in [1.82, 2.24) is 15.1 Å². The molecule has 6 nitrogen and oxygen atoms in total. The van der Waals surface area contributed by atoms with Gasteiger partial charge >= 0.3 is 0 Å². The maximum atomic E-state index is 12.6. The SMILES string of the molecule is O=C(NCc1cccs1)c1ccc(CN2CC(=O)N3CSCC3C2=O)cc1. The number of thiophene rings is 1. The Hall–Kier alpha value is -2.32. The molecule has 2 fully saturated rings. The van der Waals surface area contributed by atoms with Crippen molar-refractivity contribution >= 4 is 40.8 Å². The number of rotatable bonds is 5. The zero-order valence-electron chi connectivity index (χ0n) is 14.6. The van der Waals surface area contributed by atoms with Gasteiger partial charge in [0.1, 0.15) is 12.6 Å². The van der Waals surface area contributed by atoms with Crippen molar-refractivity contribution in [1.29, 1.82) is 0 Å².